The van der Waals surface area contributed by atoms with Crippen LogP contribution in [0.1, 0.15) is 23.0 Å². The van der Waals surface area contributed by atoms with Gasteiger partial charge in [-0.1, -0.05) is 29.3 Å². The van der Waals surface area contributed by atoms with Gasteiger partial charge in [-0.2, -0.15) is 5.26 Å². The molecule has 0 fully saturated rings. The van der Waals surface area contributed by atoms with Crippen LogP contribution in [0.3, 0.4) is 0 Å². The van der Waals surface area contributed by atoms with E-state index in [2.05, 4.69) is 10.6 Å². The lowest BCUT2D eigenvalue weighted by atomic mass is 10.2. The van der Waals surface area contributed by atoms with Crippen molar-refractivity contribution in [3.05, 3.63) is 81.3 Å². The summed E-state index contributed by atoms with van der Waals surface area (Å²) in [6.07, 6.45) is 1.09. The van der Waals surface area contributed by atoms with Gasteiger partial charge in [0.15, 0.2) is 5.76 Å². The number of benzene rings is 2. The molecule has 10 heteroatoms. The summed E-state index contributed by atoms with van der Waals surface area (Å²) < 4.78 is 23.8. The van der Waals surface area contributed by atoms with Gasteiger partial charge in [-0.05, 0) is 49.4 Å². The van der Waals surface area contributed by atoms with E-state index in [1.807, 2.05) is 0 Å². The number of amides is 1. The SMILES string of the molecule is CCOC(=O)c1c(Nc2cccc(Cl)c2)oc(/C=C(\C#N)C(=O)Nc2ccc(F)cc2)c1Cl. The lowest BCUT2D eigenvalue weighted by molar-refractivity contribution is -0.112. The Hall–Kier alpha value is -3.80. The van der Waals surface area contributed by atoms with Crippen LogP contribution in [0, 0.1) is 17.1 Å². The Bertz CT molecular complexity index is 1260. The van der Waals surface area contributed by atoms with Gasteiger partial charge < -0.3 is 19.8 Å². The van der Waals surface area contributed by atoms with E-state index in [1.165, 1.54) is 12.1 Å². The molecule has 1 aromatic heterocycles. The monoisotopic (exact) mass is 487 g/mol. The van der Waals surface area contributed by atoms with Crippen LogP contribution in [0.4, 0.5) is 21.6 Å². The molecule has 0 spiro atoms. The molecule has 0 saturated heterocycles. The fourth-order valence-corrected chi connectivity index (χ4v) is 3.15. The fourth-order valence-electron chi connectivity index (χ4n) is 2.70. The smallest absolute Gasteiger partial charge is 0.345 e. The molecule has 0 aliphatic carbocycles. The van der Waals surface area contributed by atoms with E-state index in [9.17, 15) is 19.2 Å². The molecular formula is C23H16Cl2FN3O4. The van der Waals surface area contributed by atoms with Crippen LogP contribution in [0.5, 0.6) is 0 Å². The summed E-state index contributed by atoms with van der Waals surface area (Å²) in [4.78, 5) is 25.0. The Balaban J connectivity index is 1.97. The fraction of sp³-hybridized carbons (Fsp3) is 0.0870. The van der Waals surface area contributed by atoms with Crippen LogP contribution in [-0.2, 0) is 9.53 Å². The summed E-state index contributed by atoms with van der Waals surface area (Å²) >= 11 is 12.4. The molecule has 0 bridgehead atoms. The van der Waals surface area contributed by atoms with Crippen LogP contribution >= 0.6 is 23.2 Å². The van der Waals surface area contributed by atoms with Crippen LogP contribution in [0.15, 0.2) is 58.5 Å². The highest BCUT2D eigenvalue weighted by atomic mass is 35.5. The average Bonchev–Trinajstić information content (AvgIpc) is 3.08. The highest BCUT2D eigenvalue weighted by Gasteiger charge is 2.26. The number of hydrogen-bond donors (Lipinski definition) is 2. The van der Waals surface area contributed by atoms with Gasteiger partial charge in [-0.15, -0.1) is 0 Å². The molecule has 2 N–H and O–H groups in total. The molecule has 0 aliphatic heterocycles. The van der Waals surface area contributed by atoms with E-state index < -0.39 is 17.7 Å². The number of nitriles is 1. The standard InChI is InChI=1S/C23H16Cl2FN3O4/c1-2-32-23(31)19-20(25)18(33-22(19)29-17-5-3-4-14(24)11-17)10-13(12-27)21(30)28-16-8-6-15(26)7-9-16/h3-11,29H,2H2,1H3,(H,28,30)/b13-10+. The van der Waals surface area contributed by atoms with Crippen LogP contribution in [0.2, 0.25) is 10.0 Å². The highest BCUT2D eigenvalue weighted by Crippen LogP contribution is 2.36. The third-order valence-corrected chi connectivity index (χ3v) is 4.79. The zero-order chi connectivity index (χ0) is 24.0. The first kappa shape index (κ1) is 23.9. The van der Waals surface area contributed by atoms with Crippen LogP contribution in [0.25, 0.3) is 6.08 Å². The minimum atomic E-state index is -0.779. The summed E-state index contributed by atoms with van der Waals surface area (Å²) in [6.45, 7) is 1.72. The first-order valence-corrected chi connectivity index (χ1v) is 10.3. The predicted octanol–water partition coefficient (Wildman–Crippen LogP) is 6.19. The van der Waals surface area contributed by atoms with E-state index in [-0.39, 0.29) is 40.1 Å². The van der Waals surface area contributed by atoms with Crippen molar-refractivity contribution < 1.29 is 23.1 Å². The molecule has 0 radical (unpaired) electrons. The van der Waals surface area contributed by atoms with E-state index in [1.54, 1.807) is 37.3 Å². The van der Waals surface area contributed by atoms with Crippen LogP contribution < -0.4 is 10.6 Å². The van der Waals surface area contributed by atoms with Crippen LogP contribution in [-0.4, -0.2) is 18.5 Å². The molecule has 3 aromatic rings. The second-order valence-corrected chi connectivity index (χ2v) is 7.29. The number of anilines is 3. The Kier molecular flexibility index (Phi) is 7.72. The van der Waals surface area contributed by atoms with Gasteiger partial charge in [0.25, 0.3) is 5.91 Å². The van der Waals surface area contributed by atoms with E-state index >= 15 is 0 Å². The normalized spacial score (nSPS) is 10.9. The molecule has 33 heavy (non-hydrogen) atoms. The summed E-state index contributed by atoms with van der Waals surface area (Å²) in [7, 11) is 0. The number of esters is 1. The largest absolute Gasteiger partial charge is 0.462 e. The summed E-state index contributed by atoms with van der Waals surface area (Å²) in [5.41, 5.74) is 0.313. The number of nitrogens with one attached hydrogen (secondary N) is 2. The molecule has 0 saturated carbocycles. The minimum Gasteiger partial charge on any atom is -0.462 e. The Morgan fingerprint density at radius 1 is 1.18 bits per heavy atom. The number of ether oxygens (including phenoxy) is 1. The summed E-state index contributed by atoms with van der Waals surface area (Å²) in [5, 5.41) is 15.1. The molecule has 0 aliphatic rings. The first-order valence-electron chi connectivity index (χ1n) is 9.53. The number of rotatable bonds is 7. The van der Waals surface area contributed by atoms with Crippen molar-refractivity contribution >= 4 is 58.4 Å². The summed E-state index contributed by atoms with van der Waals surface area (Å²) in [5.74, 6) is -2.18. The lowest BCUT2D eigenvalue weighted by Gasteiger charge is -2.06. The minimum absolute atomic E-state index is 0.0526. The van der Waals surface area contributed by atoms with Gasteiger partial charge in [0.1, 0.15) is 28.0 Å². The lowest BCUT2D eigenvalue weighted by Crippen LogP contribution is -2.13. The van der Waals surface area contributed by atoms with E-state index in [0.717, 1.165) is 18.2 Å². The van der Waals surface area contributed by atoms with Gasteiger partial charge in [-0.3, -0.25) is 4.79 Å². The van der Waals surface area contributed by atoms with Crippen molar-refractivity contribution in [2.75, 3.05) is 17.2 Å². The molecule has 1 amide bonds. The molecule has 3 rings (SSSR count). The quantitative estimate of drug-likeness (QED) is 0.233. The average molecular weight is 488 g/mol. The number of furan rings is 1. The molecule has 7 nitrogen and oxygen atoms in total. The molecule has 168 valence electrons. The van der Waals surface area contributed by atoms with Crippen molar-refractivity contribution in [1.29, 1.82) is 5.26 Å². The van der Waals surface area contributed by atoms with Gasteiger partial charge in [0, 0.05) is 22.5 Å². The van der Waals surface area contributed by atoms with Gasteiger partial charge in [0.2, 0.25) is 5.88 Å². The number of hydrogen-bond acceptors (Lipinski definition) is 6. The number of carbonyl (C=O) groups is 2. The third-order valence-electron chi connectivity index (χ3n) is 4.18. The first-order chi connectivity index (χ1) is 15.8. The Morgan fingerprint density at radius 3 is 2.55 bits per heavy atom. The zero-order valence-corrected chi connectivity index (χ0v) is 18.6. The van der Waals surface area contributed by atoms with Gasteiger partial charge >= 0.3 is 5.97 Å². The second-order valence-electron chi connectivity index (χ2n) is 6.47. The zero-order valence-electron chi connectivity index (χ0n) is 17.1. The van der Waals surface area contributed by atoms with Crippen molar-refractivity contribution in [2.24, 2.45) is 0 Å². The van der Waals surface area contributed by atoms with Gasteiger partial charge in [0.05, 0.1) is 6.61 Å². The maximum absolute atomic E-state index is 13.1. The van der Waals surface area contributed by atoms with Crippen molar-refractivity contribution in [2.45, 2.75) is 6.92 Å². The number of nitrogens with zero attached hydrogens (tertiary/aromatic N) is 1. The maximum Gasteiger partial charge on any atom is 0.345 e. The Labute approximate surface area is 198 Å². The summed E-state index contributed by atoms with van der Waals surface area (Å²) in [6, 6.07) is 13.4. The maximum atomic E-state index is 13.1. The van der Waals surface area contributed by atoms with Crippen molar-refractivity contribution in [3.8, 4) is 6.07 Å². The molecular weight excluding hydrogens is 472 g/mol. The Morgan fingerprint density at radius 2 is 1.91 bits per heavy atom. The second kappa shape index (κ2) is 10.7. The predicted molar refractivity (Wildman–Crippen MR) is 123 cm³/mol. The highest BCUT2D eigenvalue weighted by molar-refractivity contribution is 6.36. The van der Waals surface area contributed by atoms with Gasteiger partial charge in [-0.25, -0.2) is 9.18 Å². The van der Waals surface area contributed by atoms with E-state index in [4.69, 9.17) is 32.4 Å². The van der Waals surface area contributed by atoms with E-state index in [0.29, 0.717) is 10.7 Å². The third kappa shape index (κ3) is 5.92. The number of halogens is 3. The number of carbonyl (C=O) groups excluding carboxylic acids is 2. The van der Waals surface area contributed by atoms with Crippen molar-refractivity contribution in [3.63, 3.8) is 0 Å². The molecule has 2 aromatic carbocycles. The molecule has 1 heterocycles. The molecule has 0 atom stereocenters. The topological polar surface area (TPSA) is 104 Å². The molecule has 0 unspecified atom stereocenters. The van der Waals surface area contributed by atoms with Crippen molar-refractivity contribution in [1.82, 2.24) is 0 Å².